The van der Waals surface area contributed by atoms with Crippen molar-refractivity contribution in [1.29, 1.82) is 0 Å². The molecule has 1 aliphatic heterocycles. The molecule has 2 nitrogen and oxygen atoms in total. The SMILES string of the molecule is O[C@]1(c2ccccc2)CCCC[C@@H]1N1CC[C@H]2CCC[C@H]21. The van der Waals surface area contributed by atoms with Gasteiger partial charge in [-0.3, -0.25) is 4.90 Å². The summed E-state index contributed by atoms with van der Waals surface area (Å²) in [7, 11) is 0. The standard InChI is InChI=1S/C19H27NO/c21-19(16-8-2-1-3-9-16)13-5-4-11-18(19)20-14-12-15-7-6-10-17(15)20/h1-3,8-9,15,17-18,21H,4-7,10-14H2/t15-,17-,18+,19+/m1/s1. The van der Waals surface area contributed by atoms with Gasteiger partial charge in [0.1, 0.15) is 5.60 Å². The van der Waals surface area contributed by atoms with E-state index in [-0.39, 0.29) is 0 Å². The van der Waals surface area contributed by atoms with E-state index in [9.17, 15) is 5.11 Å². The number of hydrogen-bond donors (Lipinski definition) is 1. The molecule has 0 radical (unpaired) electrons. The van der Waals surface area contributed by atoms with Crippen LogP contribution in [0.5, 0.6) is 0 Å². The molecule has 0 bridgehead atoms. The van der Waals surface area contributed by atoms with Gasteiger partial charge in [0.05, 0.1) is 0 Å². The highest BCUT2D eigenvalue weighted by atomic mass is 16.3. The van der Waals surface area contributed by atoms with Crippen molar-refractivity contribution in [3.05, 3.63) is 35.9 Å². The zero-order valence-corrected chi connectivity index (χ0v) is 12.9. The predicted octanol–water partition coefficient (Wildman–Crippen LogP) is 3.69. The number of fused-ring (bicyclic) bond motifs is 1. The van der Waals surface area contributed by atoms with Gasteiger partial charge in [0.2, 0.25) is 0 Å². The summed E-state index contributed by atoms with van der Waals surface area (Å²) >= 11 is 0. The molecule has 1 aromatic rings. The molecule has 0 spiro atoms. The average Bonchev–Trinajstić information content (AvgIpc) is 3.12. The Kier molecular flexibility index (Phi) is 3.55. The minimum atomic E-state index is -0.628. The summed E-state index contributed by atoms with van der Waals surface area (Å²) in [5.41, 5.74) is 0.507. The van der Waals surface area contributed by atoms with E-state index in [0.717, 1.165) is 36.8 Å². The van der Waals surface area contributed by atoms with E-state index in [1.807, 2.05) is 6.07 Å². The summed E-state index contributed by atoms with van der Waals surface area (Å²) < 4.78 is 0. The molecule has 3 aliphatic rings. The van der Waals surface area contributed by atoms with Crippen LogP contribution in [0.4, 0.5) is 0 Å². The van der Waals surface area contributed by atoms with Crippen molar-refractivity contribution in [3.8, 4) is 0 Å². The van der Waals surface area contributed by atoms with Crippen molar-refractivity contribution in [3.63, 3.8) is 0 Å². The second kappa shape index (κ2) is 5.40. The summed E-state index contributed by atoms with van der Waals surface area (Å²) in [5.74, 6) is 0.909. The Hall–Kier alpha value is -0.860. The van der Waals surface area contributed by atoms with Crippen molar-refractivity contribution in [2.24, 2.45) is 5.92 Å². The molecule has 4 rings (SSSR count). The summed E-state index contributed by atoms with van der Waals surface area (Å²) in [4.78, 5) is 2.70. The summed E-state index contributed by atoms with van der Waals surface area (Å²) in [5, 5.41) is 11.5. The van der Waals surface area contributed by atoms with Gasteiger partial charge in [-0.1, -0.05) is 49.6 Å². The Morgan fingerprint density at radius 1 is 0.952 bits per heavy atom. The third-order valence-electron chi connectivity index (χ3n) is 6.31. The lowest BCUT2D eigenvalue weighted by Crippen LogP contribution is -2.54. The lowest BCUT2D eigenvalue weighted by molar-refractivity contribution is -0.0845. The molecule has 0 amide bonds. The molecule has 114 valence electrons. The van der Waals surface area contributed by atoms with E-state index in [1.54, 1.807) is 0 Å². The highest BCUT2D eigenvalue weighted by molar-refractivity contribution is 5.26. The monoisotopic (exact) mass is 285 g/mol. The molecule has 2 aliphatic carbocycles. The van der Waals surface area contributed by atoms with Crippen LogP contribution in [-0.4, -0.2) is 28.6 Å². The minimum absolute atomic E-state index is 0.335. The largest absolute Gasteiger partial charge is 0.384 e. The Morgan fingerprint density at radius 2 is 1.81 bits per heavy atom. The van der Waals surface area contributed by atoms with Crippen molar-refractivity contribution >= 4 is 0 Å². The first-order chi connectivity index (χ1) is 10.3. The quantitative estimate of drug-likeness (QED) is 0.896. The van der Waals surface area contributed by atoms with E-state index in [1.165, 1.54) is 38.6 Å². The van der Waals surface area contributed by atoms with Crippen LogP contribution in [0.1, 0.15) is 56.9 Å². The minimum Gasteiger partial charge on any atom is -0.384 e. The topological polar surface area (TPSA) is 23.5 Å². The maximum atomic E-state index is 11.5. The van der Waals surface area contributed by atoms with Gasteiger partial charge in [0, 0.05) is 12.1 Å². The number of nitrogens with zero attached hydrogens (tertiary/aromatic N) is 1. The van der Waals surface area contributed by atoms with Crippen LogP contribution >= 0.6 is 0 Å². The van der Waals surface area contributed by atoms with Gasteiger partial charge in [-0.25, -0.2) is 0 Å². The Labute approximate surface area is 128 Å². The van der Waals surface area contributed by atoms with Crippen LogP contribution in [-0.2, 0) is 5.60 Å². The van der Waals surface area contributed by atoms with E-state index in [2.05, 4.69) is 29.2 Å². The first kappa shape index (κ1) is 13.8. The molecule has 4 atom stereocenters. The lowest BCUT2D eigenvalue weighted by Gasteiger charge is -2.47. The molecule has 1 heterocycles. The second-order valence-corrected chi connectivity index (χ2v) is 7.34. The second-order valence-electron chi connectivity index (χ2n) is 7.34. The van der Waals surface area contributed by atoms with Crippen LogP contribution < -0.4 is 0 Å². The number of rotatable bonds is 2. The van der Waals surface area contributed by atoms with Gasteiger partial charge in [0.15, 0.2) is 0 Å². The summed E-state index contributed by atoms with van der Waals surface area (Å²) in [6.07, 6.45) is 10.0. The zero-order chi connectivity index (χ0) is 14.3. The van der Waals surface area contributed by atoms with Crippen LogP contribution in [0.15, 0.2) is 30.3 Å². The van der Waals surface area contributed by atoms with Crippen LogP contribution in [0.3, 0.4) is 0 Å². The molecule has 21 heavy (non-hydrogen) atoms. The average molecular weight is 285 g/mol. The van der Waals surface area contributed by atoms with Gasteiger partial charge in [-0.05, 0) is 50.1 Å². The van der Waals surface area contributed by atoms with Crippen LogP contribution in [0, 0.1) is 5.92 Å². The van der Waals surface area contributed by atoms with Crippen molar-refractivity contribution < 1.29 is 5.11 Å². The smallest absolute Gasteiger partial charge is 0.105 e. The highest BCUT2D eigenvalue weighted by Crippen LogP contribution is 2.46. The number of hydrogen-bond acceptors (Lipinski definition) is 2. The first-order valence-corrected chi connectivity index (χ1v) is 8.83. The van der Waals surface area contributed by atoms with Gasteiger partial charge in [-0.15, -0.1) is 0 Å². The normalized spacial score (nSPS) is 40.3. The third kappa shape index (κ3) is 2.24. The number of likely N-dealkylation sites (tertiary alicyclic amines) is 1. The fourth-order valence-corrected chi connectivity index (χ4v) is 5.30. The molecule has 1 N–H and O–H groups in total. The van der Waals surface area contributed by atoms with Crippen LogP contribution in [0.25, 0.3) is 0 Å². The Bertz CT molecular complexity index is 488. The first-order valence-electron chi connectivity index (χ1n) is 8.83. The van der Waals surface area contributed by atoms with Crippen LogP contribution in [0.2, 0.25) is 0 Å². The van der Waals surface area contributed by atoms with Gasteiger partial charge in [-0.2, -0.15) is 0 Å². The summed E-state index contributed by atoms with van der Waals surface area (Å²) in [6.45, 7) is 1.20. The van der Waals surface area contributed by atoms with E-state index in [0.29, 0.717) is 6.04 Å². The van der Waals surface area contributed by atoms with E-state index < -0.39 is 5.60 Å². The summed E-state index contributed by atoms with van der Waals surface area (Å²) in [6, 6.07) is 11.5. The fraction of sp³-hybridized carbons (Fsp3) is 0.684. The van der Waals surface area contributed by atoms with Crippen molar-refractivity contribution in [2.45, 2.75) is 69.1 Å². The molecule has 0 unspecified atom stereocenters. The molecule has 2 heteroatoms. The highest BCUT2D eigenvalue weighted by Gasteiger charge is 2.49. The number of aliphatic hydroxyl groups is 1. The maximum absolute atomic E-state index is 11.5. The van der Waals surface area contributed by atoms with Gasteiger partial charge < -0.3 is 5.11 Å². The molecule has 1 aromatic carbocycles. The van der Waals surface area contributed by atoms with E-state index >= 15 is 0 Å². The molecule has 3 fully saturated rings. The predicted molar refractivity (Wildman–Crippen MR) is 85.0 cm³/mol. The van der Waals surface area contributed by atoms with E-state index in [4.69, 9.17) is 0 Å². The third-order valence-corrected chi connectivity index (χ3v) is 6.31. The zero-order valence-electron chi connectivity index (χ0n) is 12.9. The lowest BCUT2D eigenvalue weighted by atomic mass is 9.74. The van der Waals surface area contributed by atoms with Crippen molar-refractivity contribution in [2.75, 3.05) is 6.54 Å². The molecular formula is C19H27NO. The number of benzene rings is 1. The Morgan fingerprint density at radius 3 is 2.67 bits per heavy atom. The fourth-order valence-electron chi connectivity index (χ4n) is 5.30. The van der Waals surface area contributed by atoms with Gasteiger partial charge in [0.25, 0.3) is 0 Å². The molecular weight excluding hydrogens is 258 g/mol. The molecule has 2 saturated carbocycles. The molecule has 0 aromatic heterocycles. The van der Waals surface area contributed by atoms with Crippen molar-refractivity contribution in [1.82, 2.24) is 4.90 Å². The maximum Gasteiger partial charge on any atom is 0.105 e. The van der Waals surface area contributed by atoms with Gasteiger partial charge >= 0.3 is 0 Å². The molecule has 1 saturated heterocycles. The Balaban J connectivity index is 1.65.